The van der Waals surface area contributed by atoms with Gasteiger partial charge in [-0.15, -0.1) is 0 Å². The number of aryl methyl sites for hydroxylation is 2. The zero-order valence-electron chi connectivity index (χ0n) is 19.2. The minimum Gasteiger partial charge on any atom is -0.478 e. The van der Waals surface area contributed by atoms with Crippen molar-refractivity contribution in [2.75, 3.05) is 0 Å². The monoisotopic (exact) mass is 488 g/mol. The van der Waals surface area contributed by atoms with Crippen molar-refractivity contribution in [3.63, 3.8) is 0 Å². The standard InChI is InChI=1S/C25H21FN6O4/c1-13-8-14(2-6-18(13)26)11-27-22(33)20-10-21(32-25(31-20)28-12-29-32)23(34)30-19-7-4-15-9-16(24(35)36)3-5-17(15)19/h2-3,5-6,8-10,12,19H,4,7,11H2,1H3,(H,27,33)(H,30,34)(H,35,36)/t19-/m0/s1. The number of benzene rings is 2. The molecule has 0 spiro atoms. The molecule has 2 aromatic heterocycles. The molecule has 1 aliphatic carbocycles. The summed E-state index contributed by atoms with van der Waals surface area (Å²) in [6.45, 7) is 1.79. The number of hydrogen-bond acceptors (Lipinski definition) is 6. The summed E-state index contributed by atoms with van der Waals surface area (Å²) >= 11 is 0. The van der Waals surface area contributed by atoms with Crippen molar-refractivity contribution < 1.29 is 23.9 Å². The molecular formula is C25H21FN6O4. The SMILES string of the molecule is Cc1cc(CNC(=O)c2cc(C(=O)N[C@H]3CCc4cc(C(=O)O)ccc43)n3ncnc3n2)ccc1F. The highest BCUT2D eigenvalue weighted by Gasteiger charge is 2.27. The molecule has 36 heavy (non-hydrogen) atoms. The summed E-state index contributed by atoms with van der Waals surface area (Å²) in [6.07, 6.45) is 2.48. The summed E-state index contributed by atoms with van der Waals surface area (Å²) in [5, 5.41) is 18.9. The molecular weight excluding hydrogens is 467 g/mol. The maximum Gasteiger partial charge on any atom is 0.335 e. The Bertz CT molecular complexity index is 1530. The van der Waals surface area contributed by atoms with Gasteiger partial charge < -0.3 is 15.7 Å². The average molecular weight is 488 g/mol. The summed E-state index contributed by atoms with van der Waals surface area (Å²) in [4.78, 5) is 45.5. The maximum absolute atomic E-state index is 13.5. The van der Waals surface area contributed by atoms with Gasteiger partial charge in [0.05, 0.1) is 11.6 Å². The molecule has 0 saturated carbocycles. The van der Waals surface area contributed by atoms with Crippen molar-refractivity contribution in [1.82, 2.24) is 30.2 Å². The van der Waals surface area contributed by atoms with Gasteiger partial charge in [0.15, 0.2) is 0 Å². The molecule has 1 aliphatic rings. The summed E-state index contributed by atoms with van der Waals surface area (Å²) in [5.41, 5.74) is 3.17. The molecule has 2 amide bonds. The number of amides is 2. The van der Waals surface area contributed by atoms with Crippen molar-refractivity contribution in [2.45, 2.75) is 32.4 Å². The van der Waals surface area contributed by atoms with Crippen LogP contribution < -0.4 is 10.6 Å². The van der Waals surface area contributed by atoms with Gasteiger partial charge in [0.1, 0.15) is 23.5 Å². The first-order chi connectivity index (χ1) is 17.3. The van der Waals surface area contributed by atoms with Crippen LogP contribution in [-0.2, 0) is 13.0 Å². The van der Waals surface area contributed by atoms with Gasteiger partial charge in [-0.25, -0.2) is 14.2 Å². The zero-order chi connectivity index (χ0) is 25.4. The van der Waals surface area contributed by atoms with E-state index in [0.717, 1.165) is 16.7 Å². The van der Waals surface area contributed by atoms with Gasteiger partial charge in [-0.3, -0.25) is 9.59 Å². The van der Waals surface area contributed by atoms with E-state index in [1.54, 1.807) is 31.2 Å². The summed E-state index contributed by atoms with van der Waals surface area (Å²) in [5.74, 6) is -2.24. The number of hydrogen-bond donors (Lipinski definition) is 3. The summed E-state index contributed by atoms with van der Waals surface area (Å²) in [7, 11) is 0. The molecule has 11 heteroatoms. The van der Waals surface area contributed by atoms with Crippen molar-refractivity contribution in [1.29, 1.82) is 0 Å². The van der Waals surface area contributed by atoms with E-state index in [2.05, 4.69) is 25.7 Å². The Kier molecular flexibility index (Phi) is 5.88. The number of aromatic carboxylic acids is 1. The number of nitrogens with zero attached hydrogens (tertiary/aromatic N) is 4. The number of halogens is 1. The van der Waals surface area contributed by atoms with E-state index in [1.165, 1.54) is 29.0 Å². The largest absolute Gasteiger partial charge is 0.478 e. The molecule has 0 aliphatic heterocycles. The second-order valence-corrected chi connectivity index (χ2v) is 8.55. The van der Waals surface area contributed by atoms with Gasteiger partial charge >= 0.3 is 5.97 Å². The molecule has 5 rings (SSSR count). The van der Waals surface area contributed by atoms with Crippen LogP contribution in [0.5, 0.6) is 0 Å². The number of fused-ring (bicyclic) bond motifs is 2. The minimum atomic E-state index is -1.00. The van der Waals surface area contributed by atoms with Gasteiger partial charge in [0.2, 0.25) is 0 Å². The lowest BCUT2D eigenvalue weighted by Gasteiger charge is -2.15. The van der Waals surface area contributed by atoms with Crippen molar-refractivity contribution in [2.24, 2.45) is 0 Å². The van der Waals surface area contributed by atoms with E-state index >= 15 is 0 Å². The van der Waals surface area contributed by atoms with Crippen LogP contribution >= 0.6 is 0 Å². The third kappa shape index (κ3) is 4.38. The van der Waals surface area contributed by atoms with Crippen LogP contribution in [0.15, 0.2) is 48.8 Å². The van der Waals surface area contributed by atoms with E-state index in [9.17, 15) is 23.9 Å². The van der Waals surface area contributed by atoms with Crippen LogP contribution in [0.25, 0.3) is 5.78 Å². The van der Waals surface area contributed by atoms with Gasteiger partial charge in [-0.05, 0) is 60.2 Å². The fourth-order valence-electron chi connectivity index (χ4n) is 4.31. The normalized spacial score (nSPS) is 14.4. The Morgan fingerprint density at radius 1 is 1.14 bits per heavy atom. The molecule has 2 heterocycles. The third-order valence-electron chi connectivity index (χ3n) is 6.17. The number of carbonyl (C=O) groups excluding carboxylic acids is 2. The van der Waals surface area contributed by atoms with Crippen molar-refractivity contribution in [3.05, 3.63) is 93.8 Å². The fourth-order valence-corrected chi connectivity index (χ4v) is 4.31. The Balaban J connectivity index is 1.36. The Hall–Kier alpha value is -4.67. The number of rotatable bonds is 6. The van der Waals surface area contributed by atoms with E-state index in [0.29, 0.717) is 18.4 Å². The molecule has 2 aromatic carbocycles. The third-order valence-corrected chi connectivity index (χ3v) is 6.17. The molecule has 0 bridgehead atoms. The summed E-state index contributed by atoms with van der Waals surface area (Å²) in [6, 6.07) is 10.4. The number of carboxylic acids is 1. The van der Waals surface area contributed by atoms with Gasteiger partial charge in [-0.1, -0.05) is 18.2 Å². The Morgan fingerprint density at radius 2 is 1.97 bits per heavy atom. The first kappa shape index (κ1) is 23.1. The molecule has 0 fully saturated rings. The second kappa shape index (κ2) is 9.17. The van der Waals surface area contributed by atoms with Crippen molar-refractivity contribution >= 4 is 23.6 Å². The lowest BCUT2D eigenvalue weighted by atomic mass is 10.0. The van der Waals surface area contributed by atoms with E-state index in [4.69, 9.17) is 0 Å². The van der Waals surface area contributed by atoms with Crippen LogP contribution in [0, 0.1) is 12.7 Å². The van der Waals surface area contributed by atoms with E-state index in [-0.39, 0.29) is 41.1 Å². The van der Waals surface area contributed by atoms with Crippen LogP contribution in [0.2, 0.25) is 0 Å². The highest BCUT2D eigenvalue weighted by atomic mass is 19.1. The number of aromatic nitrogens is 4. The highest BCUT2D eigenvalue weighted by molar-refractivity contribution is 5.98. The van der Waals surface area contributed by atoms with Crippen LogP contribution in [-0.4, -0.2) is 42.5 Å². The Labute approximate surface area is 204 Å². The quantitative estimate of drug-likeness (QED) is 0.379. The predicted molar refractivity (Wildman–Crippen MR) is 125 cm³/mol. The minimum absolute atomic E-state index is 0.0163. The van der Waals surface area contributed by atoms with Crippen LogP contribution in [0.4, 0.5) is 4.39 Å². The molecule has 0 saturated heterocycles. The molecule has 4 aromatic rings. The number of carboxylic acid groups (broad SMARTS) is 1. The molecule has 1 atom stereocenters. The first-order valence-electron chi connectivity index (χ1n) is 11.2. The Morgan fingerprint density at radius 3 is 2.75 bits per heavy atom. The molecule has 3 N–H and O–H groups in total. The van der Waals surface area contributed by atoms with Gasteiger partial charge in [-0.2, -0.15) is 14.6 Å². The van der Waals surface area contributed by atoms with Crippen LogP contribution in [0.3, 0.4) is 0 Å². The smallest absolute Gasteiger partial charge is 0.335 e. The number of carbonyl (C=O) groups is 3. The maximum atomic E-state index is 13.5. The molecule has 10 nitrogen and oxygen atoms in total. The zero-order valence-corrected chi connectivity index (χ0v) is 19.2. The van der Waals surface area contributed by atoms with Crippen LogP contribution in [0.1, 0.15) is 66.1 Å². The van der Waals surface area contributed by atoms with Gasteiger partial charge in [0.25, 0.3) is 17.6 Å². The lowest BCUT2D eigenvalue weighted by molar-refractivity contribution is 0.0696. The van der Waals surface area contributed by atoms with E-state index < -0.39 is 17.8 Å². The first-order valence-corrected chi connectivity index (χ1v) is 11.2. The number of nitrogens with one attached hydrogen (secondary N) is 2. The topological polar surface area (TPSA) is 139 Å². The lowest BCUT2D eigenvalue weighted by Crippen LogP contribution is -2.30. The molecule has 182 valence electrons. The van der Waals surface area contributed by atoms with Crippen molar-refractivity contribution in [3.8, 4) is 0 Å². The average Bonchev–Trinajstić information content (AvgIpc) is 3.50. The highest BCUT2D eigenvalue weighted by Crippen LogP contribution is 2.32. The fraction of sp³-hybridized carbons (Fsp3) is 0.200. The summed E-state index contributed by atoms with van der Waals surface area (Å²) < 4.78 is 14.8. The molecule has 0 radical (unpaired) electrons. The second-order valence-electron chi connectivity index (χ2n) is 8.55. The predicted octanol–water partition coefficient (Wildman–Crippen LogP) is 2.62. The van der Waals surface area contributed by atoms with E-state index in [1.807, 2.05) is 0 Å². The van der Waals surface area contributed by atoms with Gasteiger partial charge in [0, 0.05) is 12.6 Å². The molecule has 0 unspecified atom stereocenters.